The number of anilines is 1. The summed E-state index contributed by atoms with van der Waals surface area (Å²) in [7, 11) is -4.41. The summed E-state index contributed by atoms with van der Waals surface area (Å²) in [6.45, 7) is 6.32. The van der Waals surface area contributed by atoms with Crippen molar-refractivity contribution in [2.24, 2.45) is 0 Å². The fourth-order valence-electron chi connectivity index (χ4n) is 1.25. The molecule has 0 saturated heterocycles. The van der Waals surface area contributed by atoms with E-state index in [1.165, 1.54) is 16.4 Å². The number of amides is 2. The zero-order valence-corrected chi connectivity index (χ0v) is 11.1. The summed E-state index contributed by atoms with van der Waals surface area (Å²) in [4.78, 5) is 20.8. The summed E-state index contributed by atoms with van der Waals surface area (Å²) in [5.41, 5.74) is 3.29. The van der Waals surface area contributed by atoms with Crippen LogP contribution in [0.1, 0.15) is 0 Å². The van der Waals surface area contributed by atoms with E-state index in [4.69, 9.17) is 4.55 Å². The van der Waals surface area contributed by atoms with Crippen LogP contribution in [0.3, 0.4) is 0 Å². The van der Waals surface area contributed by atoms with E-state index in [9.17, 15) is 18.0 Å². The Labute approximate surface area is 152 Å². The van der Waals surface area contributed by atoms with Gasteiger partial charge >= 0.3 is 48.0 Å². The standard InChI is InChI=1S/C9H7NO.C3H5NO4S.Ca.2H/c1-2-9(11)10-8-5-6-3-4-7(6)8;1-2-3(5)4-9(6,7)8;;;/h2-5H,1H2,(H,10,11);2H,1H2,(H,4,5)(H,6,7,8);;;. The fourth-order valence-corrected chi connectivity index (χ4v) is 1.58. The maximum absolute atomic E-state index is 10.8. The topological polar surface area (TPSA) is 113 Å². The van der Waals surface area contributed by atoms with Crippen molar-refractivity contribution in [3.8, 4) is 11.1 Å². The molecule has 0 unspecified atom stereocenters. The van der Waals surface area contributed by atoms with Crippen molar-refractivity contribution in [3.05, 3.63) is 43.5 Å². The summed E-state index contributed by atoms with van der Waals surface area (Å²) in [6.07, 6.45) is 2.00. The first-order chi connectivity index (χ1) is 9.26. The van der Waals surface area contributed by atoms with E-state index < -0.39 is 16.2 Å². The Balaban J connectivity index is 0.000000373. The first-order valence-corrected chi connectivity index (χ1v) is 6.70. The van der Waals surface area contributed by atoms with Crippen molar-refractivity contribution in [1.82, 2.24) is 4.72 Å². The quantitative estimate of drug-likeness (QED) is 0.412. The third-order valence-corrected chi connectivity index (χ3v) is 2.65. The predicted octanol–water partition coefficient (Wildman–Crippen LogP) is -0.0333. The number of hydrogen-bond donors (Lipinski definition) is 3. The molecule has 0 atom stereocenters. The summed E-state index contributed by atoms with van der Waals surface area (Å²) in [6, 6.07) is 5.93. The zero-order chi connectivity index (χ0) is 15.3. The van der Waals surface area contributed by atoms with Crippen molar-refractivity contribution in [2.75, 3.05) is 5.32 Å². The molecule has 21 heavy (non-hydrogen) atoms. The molecule has 0 fully saturated rings. The molecule has 0 aromatic rings. The molecule has 2 aliphatic carbocycles. The second kappa shape index (κ2) is 8.30. The number of rotatable bonds is 4. The van der Waals surface area contributed by atoms with Crippen molar-refractivity contribution in [2.45, 2.75) is 0 Å². The van der Waals surface area contributed by atoms with E-state index >= 15 is 0 Å². The van der Waals surface area contributed by atoms with E-state index in [1.807, 2.05) is 18.2 Å². The van der Waals surface area contributed by atoms with Crippen LogP contribution in [0, 0.1) is 0 Å². The Bertz CT molecular complexity index is 685. The number of hydrogen-bond acceptors (Lipinski definition) is 4. The second-order valence-corrected chi connectivity index (χ2v) is 4.75. The summed E-state index contributed by atoms with van der Waals surface area (Å²) in [5.74, 6) is -1.11. The third-order valence-electron chi connectivity index (χ3n) is 2.19. The van der Waals surface area contributed by atoms with Crippen LogP contribution < -0.4 is 10.0 Å². The molecular formula is C12H14CaN2O5S. The van der Waals surface area contributed by atoms with E-state index in [0.29, 0.717) is 0 Å². The van der Waals surface area contributed by atoms with Crippen molar-refractivity contribution >= 4 is 65.5 Å². The van der Waals surface area contributed by atoms with Crippen LogP contribution in [0.2, 0.25) is 0 Å². The van der Waals surface area contributed by atoms with Gasteiger partial charge in [-0.2, -0.15) is 8.42 Å². The van der Waals surface area contributed by atoms with Gasteiger partial charge in [-0.3, -0.25) is 14.1 Å². The molecule has 0 radical (unpaired) electrons. The predicted molar refractivity (Wildman–Crippen MR) is 82.7 cm³/mol. The Hall–Kier alpha value is -1.19. The Kier molecular flexibility index (Phi) is 7.83. The van der Waals surface area contributed by atoms with Crippen LogP contribution in [-0.2, 0) is 19.9 Å². The van der Waals surface area contributed by atoms with Crippen molar-refractivity contribution < 1.29 is 22.6 Å². The molecule has 0 aromatic heterocycles. The van der Waals surface area contributed by atoms with Crippen LogP contribution in [0.25, 0.3) is 11.1 Å². The van der Waals surface area contributed by atoms with Gasteiger partial charge in [0.2, 0.25) is 5.91 Å². The molecule has 0 heterocycles. The fraction of sp³-hybridized carbons (Fsp3) is 0. The van der Waals surface area contributed by atoms with E-state index in [1.54, 1.807) is 0 Å². The van der Waals surface area contributed by atoms with Gasteiger partial charge in [0.15, 0.2) is 0 Å². The second-order valence-electron chi connectivity index (χ2n) is 3.60. The molecule has 110 valence electrons. The number of fused-ring (bicyclic) bond motifs is 1. The third kappa shape index (κ3) is 6.40. The number of carbonyl (C=O) groups excluding carboxylic acids is 2. The minimum absolute atomic E-state index is 0. The number of benzene rings is 1. The van der Waals surface area contributed by atoms with Gasteiger partial charge in [-0.25, -0.2) is 4.72 Å². The molecule has 0 aliphatic heterocycles. The van der Waals surface area contributed by atoms with Gasteiger partial charge in [0, 0.05) is 11.3 Å². The zero-order valence-electron chi connectivity index (χ0n) is 10.3. The molecule has 0 aromatic carbocycles. The minimum atomic E-state index is -4.41. The average Bonchev–Trinajstić information content (AvgIpc) is 2.33. The van der Waals surface area contributed by atoms with Gasteiger partial charge in [0.25, 0.3) is 5.91 Å². The Morgan fingerprint density at radius 1 is 1.14 bits per heavy atom. The van der Waals surface area contributed by atoms with E-state index in [2.05, 4.69) is 18.5 Å². The first kappa shape index (κ1) is 19.8. The average molecular weight is 338 g/mol. The summed E-state index contributed by atoms with van der Waals surface area (Å²) < 4.78 is 28.7. The van der Waals surface area contributed by atoms with Gasteiger partial charge in [-0.1, -0.05) is 25.3 Å². The molecular weight excluding hydrogens is 324 g/mol. The molecule has 0 spiro atoms. The van der Waals surface area contributed by atoms with Crippen LogP contribution in [0.4, 0.5) is 5.69 Å². The van der Waals surface area contributed by atoms with Gasteiger partial charge in [-0.05, 0) is 23.8 Å². The summed E-state index contributed by atoms with van der Waals surface area (Å²) >= 11 is 0. The van der Waals surface area contributed by atoms with Crippen LogP contribution in [-0.4, -0.2) is 62.5 Å². The molecule has 2 rings (SSSR count). The van der Waals surface area contributed by atoms with Gasteiger partial charge < -0.3 is 5.32 Å². The normalized spacial score (nSPS) is 9.95. The number of carbonyl (C=O) groups is 2. The van der Waals surface area contributed by atoms with Crippen LogP contribution in [0.5, 0.6) is 0 Å². The molecule has 9 heteroatoms. The van der Waals surface area contributed by atoms with Crippen LogP contribution in [0.15, 0.2) is 43.5 Å². The molecule has 2 aliphatic rings. The molecule has 0 saturated carbocycles. The molecule has 3 N–H and O–H groups in total. The number of nitrogens with one attached hydrogen (secondary N) is 2. The summed E-state index contributed by atoms with van der Waals surface area (Å²) in [5, 5.41) is 2.69. The van der Waals surface area contributed by atoms with Crippen LogP contribution >= 0.6 is 0 Å². The van der Waals surface area contributed by atoms with Gasteiger partial charge in [0.1, 0.15) is 0 Å². The SMILES string of the molecule is C=CC(=O)NS(=O)(=O)O.C=CC(=O)Nc1cc2ccc1-2.[CaH2]. The molecule has 0 bridgehead atoms. The first-order valence-electron chi connectivity index (χ1n) is 5.26. The molecule has 2 amide bonds. The van der Waals surface area contributed by atoms with Gasteiger partial charge in [0.05, 0.1) is 0 Å². The molecule has 7 nitrogen and oxygen atoms in total. The van der Waals surface area contributed by atoms with Crippen molar-refractivity contribution in [1.29, 1.82) is 0 Å². The Morgan fingerprint density at radius 2 is 1.71 bits per heavy atom. The van der Waals surface area contributed by atoms with E-state index in [-0.39, 0.29) is 43.6 Å². The van der Waals surface area contributed by atoms with E-state index in [0.717, 1.165) is 17.3 Å². The van der Waals surface area contributed by atoms with Crippen molar-refractivity contribution in [3.63, 3.8) is 0 Å². The Morgan fingerprint density at radius 3 is 1.95 bits per heavy atom. The monoisotopic (exact) mass is 338 g/mol. The maximum atomic E-state index is 10.8. The van der Waals surface area contributed by atoms with Gasteiger partial charge in [-0.15, -0.1) is 0 Å².